The predicted octanol–water partition coefficient (Wildman–Crippen LogP) is 1.30. The molecule has 0 spiro atoms. The van der Waals surface area contributed by atoms with Gasteiger partial charge in [-0.05, 0) is 31.1 Å². The summed E-state index contributed by atoms with van der Waals surface area (Å²) in [5.41, 5.74) is 0. The number of likely N-dealkylation sites (tertiary alicyclic amines) is 1. The van der Waals surface area contributed by atoms with Gasteiger partial charge in [-0.2, -0.15) is 0 Å². The fourth-order valence-electron chi connectivity index (χ4n) is 3.79. The van der Waals surface area contributed by atoms with Gasteiger partial charge in [0.2, 0.25) is 5.91 Å². The van der Waals surface area contributed by atoms with Gasteiger partial charge in [0.1, 0.15) is 11.8 Å². The number of sulfone groups is 1. The molecule has 0 aromatic rings. The normalized spacial score (nSPS) is 27.9. The molecule has 7 heteroatoms. The summed E-state index contributed by atoms with van der Waals surface area (Å²) in [6, 6.07) is -0.842. The van der Waals surface area contributed by atoms with Crippen LogP contribution >= 0.6 is 0 Å². The van der Waals surface area contributed by atoms with Crippen molar-refractivity contribution in [2.24, 2.45) is 11.8 Å². The molecule has 1 saturated heterocycles. The maximum Gasteiger partial charge on any atom is 0.326 e. The van der Waals surface area contributed by atoms with E-state index in [9.17, 15) is 23.1 Å². The molecule has 3 unspecified atom stereocenters. The molecule has 6 nitrogen and oxygen atoms in total. The Kier molecular flexibility index (Phi) is 5.47. The van der Waals surface area contributed by atoms with E-state index in [0.717, 1.165) is 32.1 Å². The highest BCUT2D eigenvalue weighted by molar-refractivity contribution is 7.92. The third-order valence-corrected chi connectivity index (χ3v) is 6.46. The number of hydrogen-bond acceptors (Lipinski definition) is 4. The van der Waals surface area contributed by atoms with Crippen LogP contribution in [0.5, 0.6) is 0 Å². The zero-order valence-electron chi connectivity index (χ0n) is 13.0. The molecule has 1 amide bonds. The summed E-state index contributed by atoms with van der Waals surface area (Å²) in [4.78, 5) is 25.1. The second-order valence-electron chi connectivity index (χ2n) is 6.48. The quantitative estimate of drug-likeness (QED) is 0.710. The van der Waals surface area contributed by atoms with E-state index in [1.807, 2.05) is 6.92 Å². The number of carbonyl (C=O) groups excluding carboxylic acids is 1. The Morgan fingerprint density at radius 1 is 1.23 bits per heavy atom. The minimum absolute atomic E-state index is 0.00498. The molecule has 3 atom stereocenters. The number of carboxylic acid groups (broad SMARTS) is 1. The van der Waals surface area contributed by atoms with E-state index < -0.39 is 33.5 Å². The smallest absolute Gasteiger partial charge is 0.326 e. The number of carbonyl (C=O) groups is 2. The summed E-state index contributed by atoms with van der Waals surface area (Å²) in [6.07, 6.45) is 5.03. The molecule has 0 aromatic heterocycles. The fraction of sp³-hybridized carbons (Fsp3) is 0.867. The lowest BCUT2D eigenvalue weighted by molar-refractivity contribution is -0.148. The molecule has 2 aliphatic rings. The van der Waals surface area contributed by atoms with E-state index in [1.54, 1.807) is 0 Å². The van der Waals surface area contributed by atoms with Crippen LogP contribution in [0.3, 0.4) is 0 Å². The average Bonchev–Trinajstić information content (AvgIpc) is 2.97. The van der Waals surface area contributed by atoms with Crippen LogP contribution < -0.4 is 0 Å². The van der Waals surface area contributed by atoms with Gasteiger partial charge in [-0.15, -0.1) is 0 Å². The maximum absolute atomic E-state index is 12.3. The first kappa shape index (κ1) is 17.2. The van der Waals surface area contributed by atoms with E-state index in [-0.39, 0.29) is 17.6 Å². The summed E-state index contributed by atoms with van der Waals surface area (Å²) in [7, 11) is -3.45. The molecule has 1 aliphatic carbocycles. The zero-order chi connectivity index (χ0) is 16.3. The summed E-state index contributed by atoms with van der Waals surface area (Å²) >= 11 is 0. The molecule has 1 N–H and O–H groups in total. The molecule has 2 rings (SSSR count). The van der Waals surface area contributed by atoms with Gasteiger partial charge >= 0.3 is 5.97 Å². The maximum atomic E-state index is 12.3. The van der Waals surface area contributed by atoms with Crippen molar-refractivity contribution in [2.45, 2.75) is 51.5 Å². The van der Waals surface area contributed by atoms with Crippen LogP contribution in [0.2, 0.25) is 0 Å². The molecule has 1 aliphatic heterocycles. The number of carboxylic acids is 1. The van der Waals surface area contributed by atoms with E-state index in [4.69, 9.17) is 0 Å². The summed E-state index contributed by atoms with van der Waals surface area (Å²) in [5.74, 6) is -1.90. The molecular formula is C15H25NO5S. The predicted molar refractivity (Wildman–Crippen MR) is 82.1 cm³/mol. The molecule has 0 radical (unpaired) electrons. The van der Waals surface area contributed by atoms with Gasteiger partial charge in [-0.25, -0.2) is 13.2 Å². The first-order valence-corrected chi connectivity index (χ1v) is 9.90. The molecule has 0 aromatic carbocycles. The van der Waals surface area contributed by atoms with Crippen molar-refractivity contribution in [3.05, 3.63) is 0 Å². The Balaban J connectivity index is 2.01. The van der Waals surface area contributed by atoms with Crippen LogP contribution in [0.1, 0.15) is 45.4 Å². The first-order valence-electron chi connectivity index (χ1n) is 8.08. The van der Waals surface area contributed by atoms with Gasteiger partial charge in [0, 0.05) is 6.54 Å². The van der Waals surface area contributed by atoms with Gasteiger partial charge in [0.15, 0.2) is 9.84 Å². The lowest BCUT2D eigenvalue weighted by Gasteiger charge is -2.24. The Bertz CT molecular complexity index is 530. The summed E-state index contributed by atoms with van der Waals surface area (Å²) in [6.45, 7) is 2.38. The molecular weight excluding hydrogens is 306 g/mol. The second kappa shape index (κ2) is 6.98. The Labute approximate surface area is 131 Å². The van der Waals surface area contributed by atoms with Crippen molar-refractivity contribution >= 4 is 21.7 Å². The lowest BCUT2D eigenvalue weighted by Crippen LogP contribution is -2.45. The van der Waals surface area contributed by atoms with Gasteiger partial charge in [0.05, 0.1) is 5.75 Å². The summed E-state index contributed by atoms with van der Waals surface area (Å²) < 4.78 is 24.0. The Morgan fingerprint density at radius 3 is 2.59 bits per heavy atom. The molecule has 0 bridgehead atoms. The molecule has 2 fully saturated rings. The van der Waals surface area contributed by atoms with Crippen molar-refractivity contribution in [3.63, 3.8) is 0 Å². The number of nitrogens with zero attached hydrogens (tertiary/aromatic N) is 1. The van der Waals surface area contributed by atoms with E-state index in [2.05, 4.69) is 0 Å². The van der Waals surface area contributed by atoms with Gasteiger partial charge in [-0.1, -0.05) is 26.2 Å². The Morgan fingerprint density at radius 2 is 1.95 bits per heavy atom. The van der Waals surface area contributed by atoms with E-state index in [1.165, 1.54) is 4.90 Å². The Hall–Kier alpha value is -1.11. The zero-order valence-corrected chi connectivity index (χ0v) is 13.8. The van der Waals surface area contributed by atoms with Crippen molar-refractivity contribution in [2.75, 3.05) is 18.1 Å². The highest BCUT2D eigenvalue weighted by Crippen LogP contribution is 2.42. The third kappa shape index (κ3) is 3.80. The average molecular weight is 331 g/mol. The van der Waals surface area contributed by atoms with Crippen LogP contribution in [0.15, 0.2) is 0 Å². The number of fused-ring (bicyclic) bond motifs is 1. The second-order valence-corrected chi connectivity index (χ2v) is 8.67. The van der Waals surface area contributed by atoms with E-state index >= 15 is 0 Å². The minimum Gasteiger partial charge on any atom is -0.480 e. The van der Waals surface area contributed by atoms with Crippen LogP contribution in [-0.4, -0.2) is 54.4 Å². The first-order chi connectivity index (χ1) is 10.4. The minimum atomic E-state index is -3.45. The fourth-order valence-corrected chi connectivity index (χ4v) is 5.12. The van der Waals surface area contributed by atoms with Crippen molar-refractivity contribution in [3.8, 4) is 0 Å². The molecule has 22 heavy (non-hydrogen) atoms. The SMILES string of the molecule is CCCCCS(=O)(=O)CC(=O)N1CC2CCCC2C1C(=O)O. The summed E-state index contributed by atoms with van der Waals surface area (Å²) in [5, 5.41) is 9.41. The van der Waals surface area contributed by atoms with Crippen molar-refractivity contribution in [1.29, 1.82) is 0 Å². The third-order valence-electron chi connectivity index (χ3n) is 4.87. The number of amides is 1. The van der Waals surface area contributed by atoms with Crippen LogP contribution in [0.25, 0.3) is 0 Å². The van der Waals surface area contributed by atoms with Gasteiger partial charge in [0.25, 0.3) is 0 Å². The van der Waals surface area contributed by atoms with Crippen molar-refractivity contribution in [1.82, 2.24) is 4.90 Å². The molecule has 1 heterocycles. The van der Waals surface area contributed by atoms with Crippen molar-refractivity contribution < 1.29 is 23.1 Å². The van der Waals surface area contributed by atoms with Gasteiger partial charge in [-0.3, -0.25) is 4.79 Å². The van der Waals surface area contributed by atoms with Crippen LogP contribution in [0, 0.1) is 11.8 Å². The highest BCUT2D eigenvalue weighted by atomic mass is 32.2. The largest absolute Gasteiger partial charge is 0.480 e. The van der Waals surface area contributed by atoms with Crippen LogP contribution in [0.4, 0.5) is 0 Å². The molecule has 1 saturated carbocycles. The van der Waals surface area contributed by atoms with E-state index in [0.29, 0.717) is 13.0 Å². The molecule has 126 valence electrons. The van der Waals surface area contributed by atoms with Gasteiger partial charge < -0.3 is 10.0 Å². The topological polar surface area (TPSA) is 91.8 Å². The number of hydrogen-bond donors (Lipinski definition) is 1. The van der Waals surface area contributed by atoms with Crippen LogP contribution in [-0.2, 0) is 19.4 Å². The number of aliphatic carboxylic acids is 1. The monoisotopic (exact) mass is 331 g/mol. The number of unbranched alkanes of at least 4 members (excludes halogenated alkanes) is 2. The number of rotatable bonds is 7. The highest BCUT2D eigenvalue weighted by Gasteiger charge is 2.49. The standard InChI is InChI=1S/C15H25NO5S/c1-2-3-4-8-22(20,21)10-13(17)16-9-11-6-5-7-12(11)14(16)15(18)19/h11-12,14H,2-10H2,1H3,(H,18,19). The lowest BCUT2D eigenvalue weighted by atomic mass is 9.94.